The highest BCUT2D eigenvalue weighted by Gasteiger charge is 2.34. The van der Waals surface area contributed by atoms with Crippen LogP contribution in [0.15, 0.2) is 22.3 Å². The molecule has 0 N–H and O–H groups in total. The van der Waals surface area contributed by atoms with Crippen molar-refractivity contribution in [3.05, 3.63) is 29.5 Å². The first kappa shape index (κ1) is 14.8. The molecule has 0 saturated carbocycles. The van der Waals surface area contributed by atoms with Gasteiger partial charge in [0.2, 0.25) is 0 Å². The zero-order valence-corrected chi connectivity index (χ0v) is 13.5. The minimum absolute atomic E-state index is 0.701. The van der Waals surface area contributed by atoms with E-state index >= 15 is 0 Å². The molecule has 21 heavy (non-hydrogen) atoms. The number of oxazole rings is 1. The van der Waals surface area contributed by atoms with Gasteiger partial charge in [-0.25, -0.2) is 4.98 Å². The normalized spacial score (nSPS) is 26.8. The Labute approximate surface area is 127 Å². The highest BCUT2D eigenvalue weighted by molar-refractivity contribution is 5.00. The second-order valence-electron chi connectivity index (χ2n) is 6.88. The lowest BCUT2D eigenvalue weighted by Crippen LogP contribution is -2.43. The van der Waals surface area contributed by atoms with E-state index in [1.54, 1.807) is 0 Å². The summed E-state index contributed by atoms with van der Waals surface area (Å²) in [7, 11) is 0. The molecule has 4 heterocycles. The number of nitrogens with zero attached hydrogens (tertiary/aromatic N) is 3. The van der Waals surface area contributed by atoms with Gasteiger partial charge in [-0.2, -0.15) is 0 Å². The van der Waals surface area contributed by atoms with E-state index in [0.29, 0.717) is 6.04 Å². The molecule has 0 aliphatic carbocycles. The lowest BCUT2D eigenvalue weighted by molar-refractivity contribution is 0.146. The Bertz CT molecular complexity index is 504. The summed E-state index contributed by atoms with van der Waals surface area (Å²) in [6.45, 7) is 12.0. The van der Waals surface area contributed by atoms with Gasteiger partial charge in [0, 0.05) is 45.7 Å². The second-order valence-corrected chi connectivity index (χ2v) is 6.88. The lowest BCUT2D eigenvalue weighted by Gasteiger charge is -2.35. The maximum absolute atomic E-state index is 5.34. The molecule has 0 aromatic carbocycles. The molecule has 3 saturated heterocycles. The van der Waals surface area contributed by atoms with Crippen molar-refractivity contribution in [1.29, 1.82) is 0 Å². The fourth-order valence-electron chi connectivity index (χ4n) is 3.64. The molecule has 4 nitrogen and oxygen atoms in total. The summed E-state index contributed by atoms with van der Waals surface area (Å²) >= 11 is 0. The van der Waals surface area contributed by atoms with E-state index in [-0.39, 0.29) is 0 Å². The molecule has 0 radical (unpaired) electrons. The van der Waals surface area contributed by atoms with E-state index in [2.05, 4.69) is 34.7 Å². The van der Waals surface area contributed by atoms with E-state index < -0.39 is 0 Å². The Hall–Kier alpha value is -1.13. The third-order valence-electron chi connectivity index (χ3n) is 4.69. The smallest absolute Gasteiger partial charge is 0.191 e. The van der Waals surface area contributed by atoms with Crippen LogP contribution < -0.4 is 0 Å². The summed E-state index contributed by atoms with van der Waals surface area (Å²) in [6, 6.07) is 0.701. The Morgan fingerprint density at radius 3 is 2.90 bits per heavy atom. The first-order chi connectivity index (χ1) is 10.1. The van der Waals surface area contributed by atoms with Crippen LogP contribution in [0.25, 0.3) is 0 Å². The van der Waals surface area contributed by atoms with Gasteiger partial charge in [0.15, 0.2) is 5.89 Å². The summed E-state index contributed by atoms with van der Waals surface area (Å²) in [6.07, 6.45) is 6.90. The summed E-state index contributed by atoms with van der Waals surface area (Å²) in [5, 5.41) is 0. The van der Waals surface area contributed by atoms with Crippen LogP contribution in [0.2, 0.25) is 0 Å². The average molecular weight is 289 g/mol. The van der Waals surface area contributed by atoms with Crippen molar-refractivity contribution in [2.45, 2.75) is 46.2 Å². The zero-order chi connectivity index (χ0) is 14.8. The molecular weight excluding hydrogens is 262 g/mol. The minimum atomic E-state index is 0.701. The van der Waals surface area contributed by atoms with Crippen molar-refractivity contribution in [2.24, 2.45) is 5.92 Å². The molecule has 1 aromatic heterocycles. The van der Waals surface area contributed by atoms with Crippen LogP contribution in [0.4, 0.5) is 0 Å². The molecule has 116 valence electrons. The summed E-state index contributed by atoms with van der Waals surface area (Å²) in [5.41, 5.74) is 2.50. The Kier molecular flexibility index (Phi) is 4.45. The number of aryl methyl sites for hydroxylation is 1. The van der Waals surface area contributed by atoms with Gasteiger partial charge < -0.3 is 4.42 Å². The van der Waals surface area contributed by atoms with Crippen LogP contribution >= 0.6 is 0 Å². The summed E-state index contributed by atoms with van der Waals surface area (Å²) in [5.74, 6) is 1.58. The van der Waals surface area contributed by atoms with Gasteiger partial charge in [-0.05, 0) is 32.6 Å². The van der Waals surface area contributed by atoms with Gasteiger partial charge in [-0.3, -0.25) is 9.80 Å². The highest BCUT2D eigenvalue weighted by Crippen LogP contribution is 2.28. The van der Waals surface area contributed by atoms with Crippen LogP contribution in [0.1, 0.15) is 38.3 Å². The van der Waals surface area contributed by atoms with Gasteiger partial charge in [-0.1, -0.05) is 11.6 Å². The van der Waals surface area contributed by atoms with Gasteiger partial charge in [0.1, 0.15) is 6.26 Å². The molecule has 0 unspecified atom stereocenters. The largest absolute Gasteiger partial charge is 0.449 e. The van der Waals surface area contributed by atoms with E-state index in [4.69, 9.17) is 4.42 Å². The van der Waals surface area contributed by atoms with Crippen molar-refractivity contribution >= 4 is 0 Å². The number of fused-ring (bicyclic) bond motifs is 4. The minimum Gasteiger partial charge on any atom is -0.449 e. The van der Waals surface area contributed by atoms with Crippen LogP contribution in [0.5, 0.6) is 0 Å². The van der Waals surface area contributed by atoms with Crippen molar-refractivity contribution < 1.29 is 4.42 Å². The van der Waals surface area contributed by atoms with Crippen LogP contribution in [-0.2, 0) is 6.54 Å². The Balaban J connectivity index is 1.64. The van der Waals surface area contributed by atoms with Crippen LogP contribution in [0.3, 0.4) is 0 Å². The second kappa shape index (κ2) is 6.32. The zero-order valence-electron chi connectivity index (χ0n) is 13.5. The predicted octanol–water partition coefficient (Wildman–Crippen LogP) is 2.85. The SMILES string of the molecule is CC(C)=CCN1C[C@H]2CC[C@@H]1CN(Cc1coc(C)n1)C2. The Morgan fingerprint density at radius 2 is 2.19 bits per heavy atom. The summed E-state index contributed by atoms with van der Waals surface area (Å²) in [4.78, 5) is 9.70. The molecule has 2 bridgehead atoms. The molecular formula is C17H27N3O. The predicted molar refractivity (Wildman–Crippen MR) is 84.0 cm³/mol. The fraction of sp³-hybridized carbons (Fsp3) is 0.706. The van der Waals surface area contributed by atoms with Crippen LogP contribution in [0, 0.1) is 12.8 Å². The number of hydrogen-bond acceptors (Lipinski definition) is 4. The maximum Gasteiger partial charge on any atom is 0.191 e. The summed E-state index contributed by atoms with van der Waals surface area (Å²) < 4.78 is 5.34. The van der Waals surface area contributed by atoms with Crippen molar-refractivity contribution in [3.63, 3.8) is 0 Å². The van der Waals surface area contributed by atoms with E-state index in [1.807, 2.05) is 13.2 Å². The molecule has 3 aliphatic heterocycles. The number of piperidine rings is 1. The fourth-order valence-corrected chi connectivity index (χ4v) is 3.64. The van der Waals surface area contributed by atoms with Crippen molar-refractivity contribution in [2.75, 3.05) is 26.2 Å². The maximum atomic E-state index is 5.34. The van der Waals surface area contributed by atoms with E-state index in [1.165, 1.54) is 38.0 Å². The Morgan fingerprint density at radius 1 is 1.33 bits per heavy atom. The molecule has 4 rings (SSSR count). The lowest BCUT2D eigenvalue weighted by atomic mass is 9.95. The first-order valence-corrected chi connectivity index (χ1v) is 8.11. The molecule has 2 atom stereocenters. The van der Waals surface area contributed by atoms with E-state index in [9.17, 15) is 0 Å². The van der Waals surface area contributed by atoms with Crippen molar-refractivity contribution in [3.8, 4) is 0 Å². The molecule has 4 heteroatoms. The van der Waals surface area contributed by atoms with E-state index in [0.717, 1.165) is 30.6 Å². The standard InChI is InChI=1S/C17H27N3O/c1-13(2)6-7-20-9-15-4-5-17(20)11-19(8-15)10-16-12-21-14(3)18-16/h6,12,15,17H,4-5,7-11H2,1-3H3/t15-,17+/m0/s1. The third-order valence-corrected chi connectivity index (χ3v) is 4.69. The van der Waals surface area contributed by atoms with Gasteiger partial charge in [0.25, 0.3) is 0 Å². The molecule has 1 aromatic rings. The average Bonchev–Trinajstić information content (AvgIpc) is 2.66. The van der Waals surface area contributed by atoms with Crippen molar-refractivity contribution in [1.82, 2.24) is 14.8 Å². The third kappa shape index (κ3) is 3.74. The number of aromatic nitrogens is 1. The highest BCUT2D eigenvalue weighted by atomic mass is 16.3. The number of allylic oxidation sites excluding steroid dienone is 1. The molecule has 3 fully saturated rings. The quantitative estimate of drug-likeness (QED) is 0.798. The number of hydrogen-bond donors (Lipinski definition) is 0. The first-order valence-electron chi connectivity index (χ1n) is 8.11. The topological polar surface area (TPSA) is 32.5 Å². The van der Waals surface area contributed by atoms with Gasteiger partial charge in [-0.15, -0.1) is 0 Å². The van der Waals surface area contributed by atoms with Gasteiger partial charge in [0.05, 0.1) is 5.69 Å². The van der Waals surface area contributed by atoms with Crippen LogP contribution in [-0.4, -0.2) is 47.0 Å². The number of rotatable bonds is 4. The monoisotopic (exact) mass is 289 g/mol. The van der Waals surface area contributed by atoms with Gasteiger partial charge >= 0.3 is 0 Å². The molecule has 0 spiro atoms. The molecule has 0 amide bonds. The molecule has 3 aliphatic rings.